The number of carbonyl (C=O) groups is 1. The van der Waals surface area contributed by atoms with Crippen molar-refractivity contribution in [2.75, 3.05) is 6.54 Å². The largest absolute Gasteiger partial charge is 0.444 e. The van der Waals surface area contributed by atoms with Crippen LogP contribution < -0.4 is 0 Å². The summed E-state index contributed by atoms with van der Waals surface area (Å²) in [5.41, 5.74) is 0. The molecule has 3 heteroatoms. The van der Waals surface area contributed by atoms with E-state index in [4.69, 9.17) is 4.74 Å². The Morgan fingerprint density at radius 3 is 3.07 bits per heavy atom. The van der Waals surface area contributed by atoms with Crippen LogP contribution in [0.1, 0.15) is 32.6 Å². The molecule has 1 aliphatic heterocycles. The zero-order valence-electron chi connectivity index (χ0n) is 8.61. The lowest BCUT2D eigenvalue weighted by Gasteiger charge is -2.25. The fraction of sp³-hybridized carbons (Fsp3) is 0.727. The second-order valence-electron chi connectivity index (χ2n) is 3.98. The van der Waals surface area contributed by atoms with Gasteiger partial charge >= 0.3 is 6.09 Å². The topological polar surface area (TPSA) is 29.5 Å². The minimum atomic E-state index is -0.114. The van der Waals surface area contributed by atoms with Gasteiger partial charge < -0.3 is 9.64 Å². The van der Waals surface area contributed by atoms with Crippen LogP contribution >= 0.6 is 0 Å². The predicted molar refractivity (Wildman–Crippen MR) is 54.0 cm³/mol. The van der Waals surface area contributed by atoms with Crippen LogP contribution in [0.15, 0.2) is 12.2 Å². The molecule has 14 heavy (non-hydrogen) atoms. The summed E-state index contributed by atoms with van der Waals surface area (Å²) in [7, 11) is 0. The SMILES string of the molecule is CCCCN1C(=O)O[C@H]2CC=CC[C@H]21. The normalized spacial score (nSPS) is 30.4. The summed E-state index contributed by atoms with van der Waals surface area (Å²) in [6, 6.07) is 0.305. The lowest BCUT2D eigenvalue weighted by Crippen LogP contribution is -2.37. The summed E-state index contributed by atoms with van der Waals surface area (Å²) in [6.45, 7) is 2.99. The number of hydrogen-bond donors (Lipinski definition) is 0. The Hall–Kier alpha value is -0.990. The van der Waals surface area contributed by atoms with Gasteiger partial charge in [0.25, 0.3) is 0 Å². The Morgan fingerprint density at radius 2 is 2.29 bits per heavy atom. The van der Waals surface area contributed by atoms with E-state index in [1.165, 1.54) is 0 Å². The average molecular weight is 195 g/mol. The maximum absolute atomic E-state index is 11.5. The first kappa shape index (κ1) is 9.56. The van der Waals surface area contributed by atoms with Crippen molar-refractivity contribution in [3.8, 4) is 0 Å². The van der Waals surface area contributed by atoms with Crippen LogP contribution in [0.3, 0.4) is 0 Å². The molecule has 1 heterocycles. The Bertz CT molecular complexity index is 250. The molecule has 78 valence electrons. The highest BCUT2D eigenvalue weighted by atomic mass is 16.6. The van der Waals surface area contributed by atoms with E-state index in [1.54, 1.807) is 0 Å². The molecule has 1 saturated heterocycles. The van der Waals surface area contributed by atoms with Gasteiger partial charge in [0.15, 0.2) is 0 Å². The second kappa shape index (κ2) is 4.03. The first-order chi connectivity index (χ1) is 6.83. The lowest BCUT2D eigenvalue weighted by molar-refractivity contribution is 0.129. The van der Waals surface area contributed by atoms with Gasteiger partial charge in [0.1, 0.15) is 6.10 Å². The molecule has 1 aliphatic carbocycles. The molecule has 0 N–H and O–H groups in total. The molecule has 0 saturated carbocycles. The summed E-state index contributed by atoms with van der Waals surface area (Å²) in [5.74, 6) is 0. The number of hydrogen-bond acceptors (Lipinski definition) is 2. The molecule has 0 spiro atoms. The molecule has 1 fully saturated rings. The van der Waals surface area contributed by atoms with Crippen LogP contribution in [-0.4, -0.2) is 29.7 Å². The molecule has 0 aromatic carbocycles. The maximum Gasteiger partial charge on any atom is 0.410 e. The van der Waals surface area contributed by atoms with E-state index in [9.17, 15) is 4.79 Å². The van der Waals surface area contributed by atoms with E-state index in [0.29, 0.717) is 6.04 Å². The van der Waals surface area contributed by atoms with Crippen molar-refractivity contribution in [3.05, 3.63) is 12.2 Å². The molecule has 0 aromatic rings. The fourth-order valence-electron chi connectivity index (χ4n) is 2.15. The predicted octanol–water partition coefficient (Wildman–Crippen LogP) is 2.33. The highest BCUT2D eigenvalue weighted by molar-refractivity contribution is 5.70. The van der Waals surface area contributed by atoms with Crippen molar-refractivity contribution in [2.24, 2.45) is 0 Å². The standard InChI is InChI=1S/C11H17NO2/c1-2-3-8-12-9-6-4-5-7-10(9)14-11(12)13/h4-5,9-10H,2-3,6-8H2,1H3/t9-,10+/m1/s1. The number of carbonyl (C=O) groups excluding carboxylic acids is 1. The lowest BCUT2D eigenvalue weighted by atomic mass is 9.98. The number of fused-ring (bicyclic) bond motifs is 1. The summed E-state index contributed by atoms with van der Waals surface area (Å²) in [6.07, 6.45) is 8.30. The number of rotatable bonds is 3. The second-order valence-corrected chi connectivity index (χ2v) is 3.98. The Labute approximate surface area is 84.7 Å². The molecule has 0 aromatic heterocycles. The zero-order valence-corrected chi connectivity index (χ0v) is 8.61. The maximum atomic E-state index is 11.5. The van der Waals surface area contributed by atoms with E-state index in [0.717, 1.165) is 32.2 Å². The molecule has 1 amide bonds. The van der Waals surface area contributed by atoms with Gasteiger partial charge in [0, 0.05) is 13.0 Å². The van der Waals surface area contributed by atoms with E-state index in [2.05, 4.69) is 19.1 Å². The van der Waals surface area contributed by atoms with Crippen molar-refractivity contribution in [2.45, 2.75) is 44.8 Å². The van der Waals surface area contributed by atoms with E-state index >= 15 is 0 Å². The van der Waals surface area contributed by atoms with Crippen molar-refractivity contribution in [1.29, 1.82) is 0 Å². The number of nitrogens with zero attached hydrogens (tertiary/aromatic N) is 1. The van der Waals surface area contributed by atoms with Crippen LogP contribution in [-0.2, 0) is 4.74 Å². The van der Waals surface area contributed by atoms with Crippen molar-refractivity contribution < 1.29 is 9.53 Å². The molecule has 0 bridgehead atoms. The fourth-order valence-corrected chi connectivity index (χ4v) is 2.15. The average Bonchev–Trinajstić information content (AvgIpc) is 2.51. The van der Waals surface area contributed by atoms with Crippen LogP contribution in [0.25, 0.3) is 0 Å². The summed E-state index contributed by atoms with van der Waals surface area (Å²) >= 11 is 0. The van der Waals surface area contributed by atoms with Gasteiger partial charge in [-0.1, -0.05) is 25.5 Å². The van der Waals surface area contributed by atoms with Gasteiger partial charge in [0.2, 0.25) is 0 Å². The van der Waals surface area contributed by atoms with Crippen molar-refractivity contribution in [1.82, 2.24) is 4.90 Å². The van der Waals surface area contributed by atoms with Crippen LogP contribution in [0.4, 0.5) is 4.79 Å². The van der Waals surface area contributed by atoms with Crippen LogP contribution in [0.5, 0.6) is 0 Å². The highest BCUT2D eigenvalue weighted by Crippen LogP contribution is 2.28. The van der Waals surface area contributed by atoms with Crippen molar-refractivity contribution >= 4 is 6.09 Å². The molecular weight excluding hydrogens is 178 g/mol. The summed E-state index contributed by atoms with van der Waals surface area (Å²) < 4.78 is 5.31. The number of ether oxygens (including phenoxy) is 1. The Balaban J connectivity index is 2.00. The summed E-state index contributed by atoms with van der Waals surface area (Å²) in [4.78, 5) is 13.4. The molecule has 0 radical (unpaired) electrons. The highest BCUT2D eigenvalue weighted by Gasteiger charge is 2.40. The van der Waals surface area contributed by atoms with Gasteiger partial charge in [0.05, 0.1) is 6.04 Å². The van der Waals surface area contributed by atoms with Gasteiger partial charge in [-0.05, 0) is 12.8 Å². The molecular formula is C11H17NO2. The molecule has 0 unspecified atom stereocenters. The third kappa shape index (κ3) is 1.63. The van der Waals surface area contributed by atoms with Gasteiger partial charge in [-0.2, -0.15) is 0 Å². The van der Waals surface area contributed by atoms with E-state index < -0.39 is 0 Å². The quantitative estimate of drug-likeness (QED) is 0.647. The minimum Gasteiger partial charge on any atom is -0.444 e. The molecule has 2 aliphatic rings. The Kier molecular flexibility index (Phi) is 2.75. The number of amides is 1. The van der Waals surface area contributed by atoms with Crippen LogP contribution in [0.2, 0.25) is 0 Å². The third-order valence-corrected chi connectivity index (χ3v) is 2.98. The van der Waals surface area contributed by atoms with Gasteiger partial charge in [-0.25, -0.2) is 4.79 Å². The summed E-state index contributed by atoms with van der Waals surface area (Å²) in [5, 5.41) is 0. The van der Waals surface area contributed by atoms with Crippen molar-refractivity contribution in [3.63, 3.8) is 0 Å². The van der Waals surface area contributed by atoms with E-state index in [-0.39, 0.29) is 12.2 Å². The monoisotopic (exact) mass is 195 g/mol. The first-order valence-corrected chi connectivity index (χ1v) is 5.45. The smallest absolute Gasteiger partial charge is 0.410 e. The minimum absolute atomic E-state index is 0.114. The van der Waals surface area contributed by atoms with Gasteiger partial charge in [-0.3, -0.25) is 0 Å². The zero-order chi connectivity index (χ0) is 9.97. The third-order valence-electron chi connectivity index (χ3n) is 2.98. The first-order valence-electron chi connectivity index (χ1n) is 5.45. The van der Waals surface area contributed by atoms with Crippen LogP contribution in [0, 0.1) is 0 Å². The number of unbranched alkanes of at least 4 members (excludes halogenated alkanes) is 1. The Morgan fingerprint density at radius 1 is 1.50 bits per heavy atom. The van der Waals surface area contributed by atoms with E-state index in [1.807, 2.05) is 4.90 Å². The molecule has 2 rings (SSSR count). The van der Waals surface area contributed by atoms with Gasteiger partial charge in [-0.15, -0.1) is 0 Å². The molecule has 3 nitrogen and oxygen atoms in total. The molecule has 2 atom stereocenters.